The van der Waals surface area contributed by atoms with Gasteiger partial charge in [-0.1, -0.05) is 37.7 Å². The fourth-order valence-electron chi connectivity index (χ4n) is 2.60. The molecule has 0 aliphatic carbocycles. The van der Waals surface area contributed by atoms with E-state index in [4.69, 9.17) is 0 Å². The van der Waals surface area contributed by atoms with Crippen LogP contribution in [0.15, 0.2) is 46.3 Å². The summed E-state index contributed by atoms with van der Waals surface area (Å²) in [6, 6.07) is 10.4. The van der Waals surface area contributed by atoms with Crippen LogP contribution in [0.25, 0.3) is 16.6 Å². The highest BCUT2D eigenvalue weighted by Crippen LogP contribution is 2.24. The number of fused-ring (bicyclic) bond motifs is 1. The number of aryl methyl sites for hydroxylation is 2. The van der Waals surface area contributed by atoms with Crippen molar-refractivity contribution in [3.8, 4) is 5.69 Å². The van der Waals surface area contributed by atoms with Crippen molar-refractivity contribution in [1.82, 2.24) is 9.55 Å². The molecule has 3 aromatic rings. The molecule has 130 valence electrons. The van der Waals surface area contributed by atoms with Crippen LogP contribution in [0.1, 0.15) is 25.0 Å². The summed E-state index contributed by atoms with van der Waals surface area (Å²) in [6.07, 6.45) is 0. The highest BCUT2D eigenvalue weighted by molar-refractivity contribution is 7.99. The quantitative estimate of drug-likeness (QED) is 0.493. The first-order chi connectivity index (χ1) is 11.9. The van der Waals surface area contributed by atoms with Gasteiger partial charge in [0.05, 0.1) is 11.2 Å². The summed E-state index contributed by atoms with van der Waals surface area (Å²) in [6.45, 7) is 8.26. The Hall–Kier alpha value is -2.14. The minimum absolute atomic E-state index is 0.0367. The molecule has 0 N–H and O–H groups in total. The molecule has 0 aliphatic rings. The Morgan fingerprint density at radius 3 is 2.60 bits per heavy atom. The highest BCUT2D eigenvalue weighted by Gasteiger charge is 2.16. The average Bonchev–Trinajstić information content (AvgIpc) is 2.55. The molecule has 0 saturated heterocycles. The first-order valence-corrected chi connectivity index (χ1v) is 9.28. The molecule has 0 bridgehead atoms. The summed E-state index contributed by atoms with van der Waals surface area (Å²) in [5, 5.41) is 0.634. The van der Waals surface area contributed by atoms with Gasteiger partial charge in [-0.2, -0.15) is 0 Å². The summed E-state index contributed by atoms with van der Waals surface area (Å²) in [7, 11) is 0. The molecular weight excluding hydrogens is 335 g/mol. The van der Waals surface area contributed by atoms with E-state index in [1.54, 1.807) is 12.1 Å². The molecule has 1 aromatic heterocycles. The highest BCUT2D eigenvalue weighted by atomic mass is 32.2. The standard InChI is InChI=1S/C20H21FN2OS/c1-12(2)11-25-20-22-17-7-5-6-16(21)18(17)19(24)23(20)15-9-8-13(3)14(4)10-15/h5-10,12H,11H2,1-4H3. The zero-order valence-corrected chi connectivity index (χ0v) is 15.7. The number of nitrogens with zero attached hydrogens (tertiary/aromatic N) is 2. The summed E-state index contributed by atoms with van der Waals surface area (Å²) in [4.78, 5) is 17.7. The van der Waals surface area contributed by atoms with Crippen molar-refractivity contribution in [2.24, 2.45) is 5.92 Å². The zero-order valence-electron chi connectivity index (χ0n) is 14.8. The number of thioether (sulfide) groups is 1. The molecule has 3 nitrogen and oxygen atoms in total. The van der Waals surface area contributed by atoms with Crippen LogP contribution in [-0.4, -0.2) is 15.3 Å². The van der Waals surface area contributed by atoms with E-state index in [1.807, 2.05) is 32.0 Å². The van der Waals surface area contributed by atoms with Gasteiger partial charge in [-0.15, -0.1) is 0 Å². The summed E-state index contributed by atoms with van der Waals surface area (Å²) < 4.78 is 15.8. The van der Waals surface area contributed by atoms with Crippen molar-refractivity contribution >= 4 is 22.7 Å². The fourth-order valence-corrected chi connectivity index (χ4v) is 3.56. The molecule has 3 rings (SSSR count). The minimum Gasteiger partial charge on any atom is -0.268 e. The monoisotopic (exact) mass is 356 g/mol. The van der Waals surface area contributed by atoms with Gasteiger partial charge in [0, 0.05) is 5.75 Å². The van der Waals surface area contributed by atoms with Crippen LogP contribution in [0.2, 0.25) is 0 Å². The number of benzene rings is 2. The second-order valence-corrected chi connectivity index (χ2v) is 7.63. The molecule has 2 aromatic carbocycles. The number of hydrogen-bond donors (Lipinski definition) is 0. The van der Waals surface area contributed by atoms with Gasteiger partial charge in [0.1, 0.15) is 11.2 Å². The molecule has 1 heterocycles. The molecule has 0 aliphatic heterocycles. The van der Waals surface area contributed by atoms with Crippen molar-refractivity contribution in [2.45, 2.75) is 32.9 Å². The van der Waals surface area contributed by atoms with Crippen LogP contribution in [0.5, 0.6) is 0 Å². The Balaban J connectivity index is 2.31. The van der Waals surface area contributed by atoms with E-state index in [0.717, 1.165) is 22.6 Å². The lowest BCUT2D eigenvalue weighted by atomic mass is 10.1. The van der Waals surface area contributed by atoms with Gasteiger partial charge >= 0.3 is 0 Å². The molecule has 0 saturated carbocycles. The van der Waals surface area contributed by atoms with Crippen molar-refractivity contribution in [3.05, 3.63) is 63.7 Å². The largest absolute Gasteiger partial charge is 0.269 e. The third-order valence-electron chi connectivity index (χ3n) is 4.11. The lowest BCUT2D eigenvalue weighted by molar-refractivity contribution is 0.635. The van der Waals surface area contributed by atoms with E-state index in [0.29, 0.717) is 16.6 Å². The van der Waals surface area contributed by atoms with E-state index in [-0.39, 0.29) is 10.9 Å². The van der Waals surface area contributed by atoms with Crippen LogP contribution < -0.4 is 5.56 Å². The predicted molar refractivity (Wildman–Crippen MR) is 102 cm³/mol. The number of hydrogen-bond acceptors (Lipinski definition) is 3. The predicted octanol–water partition coefficient (Wildman–Crippen LogP) is 4.89. The minimum atomic E-state index is -0.534. The Labute approximate surface area is 150 Å². The third kappa shape index (κ3) is 3.47. The van der Waals surface area contributed by atoms with Gasteiger partial charge in [0.2, 0.25) is 0 Å². The lowest BCUT2D eigenvalue weighted by Crippen LogP contribution is -2.23. The van der Waals surface area contributed by atoms with Crippen molar-refractivity contribution < 1.29 is 4.39 Å². The Bertz CT molecular complexity index is 995. The molecule has 0 unspecified atom stereocenters. The van der Waals surface area contributed by atoms with Crippen LogP contribution in [0.3, 0.4) is 0 Å². The van der Waals surface area contributed by atoms with E-state index in [1.165, 1.54) is 22.4 Å². The van der Waals surface area contributed by atoms with Crippen molar-refractivity contribution in [3.63, 3.8) is 0 Å². The molecule has 0 atom stereocenters. The van der Waals surface area contributed by atoms with Crippen LogP contribution in [0, 0.1) is 25.6 Å². The van der Waals surface area contributed by atoms with E-state index in [2.05, 4.69) is 18.8 Å². The molecule has 0 radical (unpaired) electrons. The second-order valence-electron chi connectivity index (χ2n) is 6.64. The van der Waals surface area contributed by atoms with Gasteiger partial charge in [-0.05, 0) is 55.2 Å². The smallest absolute Gasteiger partial charge is 0.268 e. The average molecular weight is 356 g/mol. The van der Waals surface area contributed by atoms with Gasteiger partial charge < -0.3 is 0 Å². The number of rotatable bonds is 4. The maximum atomic E-state index is 14.3. The Morgan fingerprint density at radius 1 is 1.16 bits per heavy atom. The summed E-state index contributed by atoms with van der Waals surface area (Å²) >= 11 is 1.52. The zero-order chi connectivity index (χ0) is 18.1. The second kappa shape index (κ2) is 7.00. The molecular formula is C20H21FN2OS. The van der Waals surface area contributed by atoms with Gasteiger partial charge in [-0.25, -0.2) is 9.37 Å². The SMILES string of the molecule is Cc1ccc(-n2c(SCC(C)C)nc3cccc(F)c3c2=O)cc1C. The summed E-state index contributed by atoms with van der Waals surface area (Å²) in [5.41, 5.74) is 2.98. The molecule has 0 spiro atoms. The maximum Gasteiger partial charge on any atom is 0.269 e. The van der Waals surface area contributed by atoms with E-state index in [9.17, 15) is 9.18 Å². The van der Waals surface area contributed by atoms with Crippen molar-refractivity contribution in [2.75, 3.05) is 5.75 Å². The summed E-state index contributed by atoms with van der Waals surface area (Å²) in [5.74, 6) is 0.754. The van der Waals surface area contributed by atoms with E-state index >= 15 is 0 Å². The van der Waals surface area contributed by atoms with Gasteiger partial charge in [0.15, 0.2) is 5.16 Å². The Kier molecular flexibility index (Phi) is 4.95. The molecule has 0 amide bonds. The van der Waals surface area contributed by atoms with Crippen LogP contribution >= 0.6 is 11.8 Å². The van der Waals surface area contributed by atoms with Gasteiger partial charge in [0.25, 0.3) is 5.56 Å². The first kappa shape index (κ1) is 17.7. The molecule has 0 fully saturated rings. The normalized spacial score (nSPS) is 11.4. The first-order valence-electron chi connectivity index (χ1n) is 8.30. The third-order valence-corrected chi connectivity index (χ3v) is 5.48. The van der Waals surface area contributed by atoms with Crippen molar-refractivity contribution in [1.29, 1.82) is 0 Å². The Morgan fingerprint density at radius 2 is 1.92 bits per heavy atom. The maximum absolute atomic E-state index is 14.3. The topological polar surface area (TPSA) is 34.9 Å². The molecule has 25 heavy (non-hydrogen) atoms. The van der Waals surface area contributed by atoms with Gasteiger partial charge in [-0.3, -0.25) is 9.36 Å². The number of halogens is 1. The van der Waals surface area contributed by atoms with Crippen LogP contribution in [0.4, 0.5) is 4.39 Å². The fraction of sp³-hybridized carbons (Fsp3) is 0.300. The molecule has 5 heteroatoms. The van der Waals surface area contributed by atoms with E-state index < -0.39 is 5.82 Å². The lowest BCUT2D eigenvalue weighted by Gasteiger charge is -2.15. The van der Waals surface area contributed by atoms with Crippen LogP contribution in [-0.2, 0) is 0 Å². The number of aromatic nitrogens is 2.